The minimum atomic E-state index is -3.67. The number of sulfonamides is 1. The summed E-state index contributed by atoms with van der Waals surface area (Å²) in [6, 6.07) is 13.7. The molecular weight excluding hydrogens is 338 g/mol. The summed E-state index contributed by atoms with van der Waals surface area (Å²) in [5.74, 6) is 0. The Morgan fingerprint density at radius 1 is 0.864 bits per heavy atom. The maximum Gasteiger partial charge on any atom is 0.288 e. The molecule has 0 saturated heterocycles. The lowest BCUT2D eigenvalue weighted by Crippen LogP contribution is -2.00. The molecule has 0 spiro atoms. The van der Waals surface area contributed by atoms with E-state index in [1.807, 2.05) is 6.92 Å². The van der Waals surface area contributed by atoms with Gasteiger partial charge in [-0.25, -0.2) is 0 Å². The van der Waals surface area contributed by atoms with E-state index in [1.165, 1.54) is 0 Å². The first-order chi connectivity index (χ1) is 10.3. The number of hydrogen-bond donors (Lipinski definition) is 0. The molecular formula is C15H17NO3S3. The number of hydrogen-bond acceptors (Lipinski definition) is 3. The minimum absolute atomic E-state index is 0.198. The van der Waals surface area contributed by atoms with Gasteiger partial charge >= 0.3 is 0 Å². The Balaban J connectivity index is 2.34. The smallest absolute Gasteiger partial charge is 0.255 e. The maximum atomic E-state index is 12.3. The number of nitrogens with zero attached hydrogens (tertiary/aromatic N) is 1. The first kappa shape index (κ1) is 17.1. The van der Waals surface area contributed by atoms with Crippen LogP contribution >= 0.6 is 0 Å². The van der Waals surface area contributed by atoms with Crippen molar-refractivity contribution in [2.24, 2.45) is 3.77 Å². The van der Waals surface area contributed by atoms with E-state index in [4.69, 9.17) is 0 Å². The van der Waals surface area contributed by atoms with Gasteiger partial charge < -0.3 is 0 Å². The van der Waals surface area contributed by atoms with Crippen LogP contribution in [-0.4, -0.2) is 25.1 Å². The van der Waals surface area contributed by atoms with Crippen molar-refractivity contribution >= 4 is 31.5 Å². The normalized spacial score (nSPS) is 14.7. The molecule has 0 aromatic heterocycles. The van der Waals surface area contributed by atoms with Crippen LogP contribution in [0.25, 0.3) is 0 Å². The summed E-state index contributed by atoms with van der Waals surface area (Å²) in [5, 5.41) is 0. The predicted octanol–water partition coefficient (Wildman–Crippen LogP) is 2.91. The zero-order valence-electron chi connectivity index (χ0n) is 12.5. The third-order valence-corrected chi connectivity index (χ3v) is 7.46. The first-order valence-electron chi connectivity index (χ1n) is 6.44. The molecule has 4 nitrogen and oxygen atoms in total. The highest BCUT2D eigenvalue weighted by Crippen LogP contribution is 2.17. The molecule has 7 heteroatoms. The summed E-state index contributed by atoms with van der Waals surface area (Å²) in [5.41, 5.74) is 0.998. The van der Waals surface area contributed by atoms with Gasteiger partial charge in [0.1, 0.15) is 0 Å². The van der Waals surface area contributed by atoms with Gasteiger partial charge in [-0.15, -0.1) is 3.77 Å². The van der Waals surface area contributed by atoms with Crippen LogP contribution in [0.3, 0.4) is 0 Å². The lowest BCUT2D eigenvalue weighted by atomic mass is 10.2. The zero-order valence-corrected chi connectivity index (χ0v) is 15.0. The fourth-order valence-electron chi connectivity index (χ4n) is 1.77. The maximum absolute atomic E-state index is 12.3. The van der Waals surface area contributed by atoms with Gasteiger partial charge in [0.15, 0.2) is 0 Å². The Morgan fingerprint density at radius 3 is 1.86 bits per heavy atom. The van der Waals surface area contributed by atoms with E-state index >= 15 is 0 Å². The average molecular weight is 356 g/mol. The number of benzene rings is 2. The molecule has 0 radical (unpaired) electrons. The van der Waals surface area contributed by atoms with E-state index in [9.17, 15) is 12.6 Å². The third kappa shape index (κ3) is 4.12. The Labute approximate surface area is 136 Å². The highest BCUT2D eigenvalue weighted by molar-refractivity contribution is 7.99. The van der Waals surface area contributed by atoms with Crippen molar-refractivity contribution < 1.29 is 12.6 Å². The summed E-state index contributed by atoms with van der Waals surface area (Å²) in [6.45, 7) is 1.90. The molecule has 2 aromatic rings. The third-order valence-electron chi connectivity index (χ3n) is 3.03. The van der Waals surface area contributed by atoms with Crippen molar-refractivity contribution in [3.8, 4) is 0 Å². The van der Waals surface area contributed by atoms with Gasteiger partial charge in [0.2, 0.25) is 0 Å². The second-order valence-electron chi connectivity index (χ2n) is 4.77. The van der Waals surface area contributed by atoms with Gasteiger partial charge in [-0.3, -0.25) is 4.21 Å². The van der Waals surface area contributed by atoms with Gasteiger partial charge in [0, 0.05) is 26.8 Å². The van der Waals surface area contributed by atoms with Crippen molar-refractivity contribution in [2.45, 2.75) is 21.6 Å². The molecule has 0 aliphatic carbocycles. The molecule has 0 bridgehead atoms. The van der Waals surface area contributed by atoms with Gasteiger partial charge in [-0.1, -0.05) is 28.4 Å². The number of rotatable bonds is 4. The molecule has 0 saturated carbocycles. The lowest BCUT2D eigenvalue weighted by Gasteiger charge is -2.05. The van der Waals surface area contributed by atoms with E-state index in [1.54, 1.807) is 61.0 Å². The highest BCUT2D eigenvalue weighted by atomic mass is 32.3. The summed E-state index contributed by atoms with van der Waals surface area (Å²) in [6.07, 6.45) is 3.36. The van der Waals surface area contributed by atoms with E-state index in [0.717, 1.165) is 10.5 Å². The second-order valence-corrected chi connectivity index (χ2v) is 9.59. The molecule has 2 atom stereocenters. The second kappa shape index (κ2) is 6.85. The quantitative estimate of drug-likeness (QED) is 0.847. The van der Waals surface area contributed by atoms with Crippen molar-refractivity contribution in [1.29, 1.82) is 0 Å². The number of aryl methyl sites for hydroxylation is 1. The van der Waals surface area contributed by atoms with E-state index < -0.39 is 31.5 Å². The van der Waals surface area contributed by atoms with Crippen LogP contribution in [0.1, 0.15) is 5.56 Å². The van der Waals surface area contributed by atoms with Crippen LogP contribution < -0.4 is 0 Å². The molecule has 0 N–H and O–H groups in total. The molecule has 0 aliphatic heterocycles. The van der Waals surface area contributed by atoms with Crippen molar-refractivity contribution in [1.82, 2.24) is 0 Å². The van der Waals surface area contributed by atoms with Crippen LogP contribution in [0.15, 0.2) is 67.0 Å². The Bertz CT molecular complexity index is 823. The van der Waals surface area contributed by atoms with Crippen LogP contribution in [0.4, 0.5) is 0 Å². The fraction of sp³-hybridized carbons (Fsp3) is 0.200. The Kier molecular flexibility index (Phi) is 5.31. The van der Waals surface area contributed by atoms with E-state index in [0.29, 0.717) is 4.90 Å². The standard InChI is InChI=1S/C15H17NO3S3/c1-12-4-10-15(11-5-12)22(18,19)16-20(2)13-6-8-14(9-7-13)21(3)17/h4-11H,1-3H3. The molecule has 2 unspecified atom stereocenters. The molecule has 2 rings (SSSR count). The van der Waals surface area contributed by atoms with Crippen molar-refractivity contribution in [3.63, 3.8) is 0 Å². The van der Waals surface area contributed by atoms with Gasteiger partial charge in [-0.05, 0) is 49.6 Å². The van der Waals surface area contributed by atoms with Crippen LogP contribution in [0.5, 0.6) is 0 Å². The van der Waals surface area contributed by atoms with Crippen molar-refractivity contribution in [3.05, 3.63) is 54.1 Å². The highest BCUT2D eigenvalue weighted by Gasteiger charge is 2.13. The van der Waals surface area contributed by atoms with Gasteiger partial charge in [0.25, 0.3) is 10.0 Å². The average Bonchev–Trinajstić information content (AvgIpc) is 2.47. The summed E-state index contributed by atoms with van der Waals surface area (Å²) in [7, 11) is -5.51. The Morgan fingerprint density at radius 2 is 1.36 bits per heavy atom. The van der Waals surface area contributed by atoms with Gasteiger partial charge in [-0.2, -0.15) is 8.42 Å². The van der Waals surface area contributed by atoms with Gasteiger partial charge in [0.05, 0.1) is 4.90 Å². The van der Waals surface area contributed by atoms with E-state index in [-0.39, 0.29) is 4.90 Å². The molecule has 0 aliphatic rings. The molecule has 118 valence electrons. The van der Waals surface area contributed by atoms with E-state index in [2.05, 4.69) is 3.77 Å². The zero-order chi connectivity index (χ0) is 16.3. The molecule has 22 heavy (non-hydrogen) atoms. The fourth-order valence-corrected chi connectivity index (χ4v) is 5.17. The van der Waals surface area contributed by atoms with Crippen LogP contribution in [0.2, 0.25) is 0 Å². The molecule has 0 heterocycles. The monoisotopic (exact) mass is 355 g/mol. The topological polar surface area (TPSA) is 63.6 Å². The SMILES string of the molecule is Cc1ccc(S(=O)(=O)/N=S(\C)c2ccc(S(C)=O)cc2)cc1. The molecule has 2 aromatic carbocycles. The van der Waals surface area contributed by atoms with Crippen LogP contribution in [0, 0.1) is 6.92 Å². The summed E-state index contributed by atoms with van der Waals surface area (Å²) < 4.78 is 39.9. The Hall–Kier alpha value is -1.31. The van der Waals surface area contributed by atoms with Crippen molar-refractivity contribution in [2.75, 3.05) is 12.5 Å². The molecule has 0 amide bonds. The largest absolute Gasteiger partial charge is 0.288 e. The minimum Gasteiger partial charge on any atom is -0.255 e. The van der Waals surface area contributed by atoms with Crippen LogP contribution in [-0.2, 0) is 31.5 Å². The lowest BCUT2D eigenvalue weighted by molar-refractivity contribution is 0.598. The summed E-state index contributed by atoms with van der Waals surface area (Å²) in [4.78, 5) is 1.70. The first-order valence-corrected chi connectivity index (χ1v) is 11.0. The predicted molar refractivity (Wildman–Crippen MR) is 91.1 cm³/mol. The summed E-state index contributed by atoms with van der Waals surface area (Å²) >= 11 is 0. The molecule has 0 fully saturated rings.